The second kappa shape index (κ2) is 8.85. The van der Waals surface area contributed by atoms with Crippen molar-refractivity contribution in [3.8, 4) is 0 Å². The number of ether oxygens (including phenoxy) is 2. The average Bonchev–Trinajstić information content (AvgIpc) is 2.76. The Bertz CT molecular complexity index is 1220. The zero-order valence-corrected chi connectivity index (χ0v) is 18.0. The number of carbonyl (C=O) groups is 2. The number of halogens is 4. The van der Waals surface area contributed by atoms with Gasteiger partial charge in [0.25, 0.3) is 0 Å². The molecule has 2 aromatic rings. The van der Waals surface area contributed by atoms with Crippen LogP contribution in [-0.2, 0) is 29.1 Å². The first kappa shape index (κ1) is 24.2. The van der Waals surface area contributed by atoms with Gasteiger partial charge in [-0.1, -0.05) is 30.3 Å². The molecule has 1 unspecified atom stereocenters. The van der Waals surface area contributed by atoms with Crippen molar-refractivity contribution in [3.63, 3.8) is 0 Å². The van der Waals surface area contributed by atoms with Crippen LogP contribution in [0.5, 0.6) is 0 Å². The Morgan fingerprint density at radius 3 is 2.21 bits per heavy atom. The van der Waals surface area contributed by atoms with Crippen molar-refractivity contribution < 1.29 is 45.0 Å². The summed E-state index contributed by atoms with van der Waals surface area (Å²) in [5, 5.41) is 0. The molecule has 0 N–H and O–H groups in total. The molecule has 0 spiro atoms. The summed E-state index contributed by atoms with van der Waals surface area (Å²) in [4.78, 5) is 25.7. The Balaban J connectivity index is 2.50. The minimum Gasteiger partial charge on any atom is -0.466 e. The summed E-state index contributed by atoms with van der Waals surface area (Å²) >= 11 is 0. The van der Waals surface area contributed by atoms with E-state index >= 15 is 0 Å². The number of fused-ring (bicyclic) bond motifs is 1. The van der Waals surface area contributed by atoms with Crippen LogP contribution in [0.25, 0.3) is 5.57 Å². The van der Waals surface area contributed by atoms with Gasteiger partial charge in [-0.25, -0.2) is 18.3 Å². The van der Waals surface area contributed by atoms with Crippen LogP contribution in [0.1, 0.15) is 18.1 Å². The predicted molar refractivity (Wildman–Crippen MR) is 109 cm³/mol. The number of hydrogen-bond donors (Lipinski definition) is 0. The number of anilines is 1. The second-order valence-corrected chi connectivity index (χ2v) is 8.51. The number of carbonyl (C=O) groups excluding carboxylic acids is 2. The molecule has 3 rings (SSSR count). The van der Waals surface area contributed by atoms with E-state index in [4.69, 9.17) is 9.47 Å². The Morgan fingerprint density at radius 1 is 1.06 bits per heavy atom. The number of esters is 2. The van der Waals surface area contributed by atoms with Crippen molar-refractivity contribution in [2.24, 2.45) is 0 Å². The fourth-order valence-corrected chi connectivity index (χ4v) is 4.59. The molecule has 0 fully saturated rings. The molecule has 7 nitrogen and oxygen atoms in total. The molecule has 0 saturated carbocycles. The molecule has 2 aromatic carbocycles. The summed E-state index contributed by atoms with van der Waals surface area (Å²) in [5.74, 6) is -3.31. The van der Waals surface area contributed by atoms with E-state index < -0.39 is 50.6 Å². The van der Waals surface area contributed by atoms with Crippen LogP contribution in [0.15, 0.2) is 54.1 Å². The van der Waals surface area contributed by atoms with E-state index in [1.54, 1.807) is 0 Å². The number of rotatable bonds is 5. The first-order valence-corrected chi connectivity index (χ1v) is 10.8. The molecule has 33 heavy (non-hydrogen) atoms. The summed E-state index contributed by atoms with van der Waals surface area (Å²) in [5.41, 5.74) is -7.09. The molecule has 0 saturated heterocycles. The molecule has 176 valence electrons. The highest BCUT2D eigenvalue weighted by Gasteiger charge is 2.57. The van der Waals surface area contributed by atoms with E-state index in [1.807, 2.05) is 0 Å². The van der Waals surface area contributed by atoms with Gasteiger partial charge >= 0.3 is 27.5 Å². The van der Waals surface area contributed by atoms with Gasteiger partial charge in [0.1, 0.15) is 5.82 Å². The van der Waals surface area contributed by atoms with Crippen molar-refractivity contribution in [3.05, 3.63) is 71.0 Å². The van der Waals surface area contributed by atoms with Crippen LogP contribution in [0.4, 0.5) is 23.2 Å². The van der Waals surface area contributed by atoms with Gasteiger partial charge in [-0.2, -0.15) is 21.6 Å². The van der Waals surface area contributed by atoms with E-state index in [9.17, 15) is 35.6 Å². The lowest BCUT2D eigenvalue weighted by atomic mass is 9.85. The molecule has 0 bridgehead atoms. The molecule has 1 aliphatic rings. The first-order chi connectivity index (χ1) is 15.5. The Labute approximate surface area is 186 Å². The molecule has 0 aliphatic carbocycles. The lowest BCUT2D eigenvalue weighted by Crippen LogP contribution is -2.54. The van der Waals surface area contributed by atoms with Crippen molar-refractivity contribution in [2.75, 3.05) is 18.0 Å². The van der Waals surface area contributed by atoms with Gasteiger partial charge in [0.15, 0.2) is 6.04 Å². The maximum atomic E-state index is 13.7. The second-order valence-electron chi connectivity index (χ2n) is 6.71. The fourth-order valence-electron chi connectivity index (χ4n) is 3.48. The normalized spacial score (nSPS) is 16.3. The summed E-state index contributed by atoms with van der Waals surface area (Å²) in [7, 11) is -5.26. The van der Waals surface area contributed by atoms with Crippen LogP contribution in [-0.4, -0.2) is 45.6 Å². The van der Waals surface area contributed by atoms with E-state index in [0.717, 1.165) is 25.3 Å². The van der Waals surface area contributed by atoms with E-state index in [0.29, 0.717) is 0 Å². The van der Waals surface area contributed by atoms with E-state index in [2.05, 4.69) is 0 Å². The van der Waals surface area contributed by atoms with E-state index in [1.165, 1.54) is 37.3 Å². The van der Waals surface area contributed by atoms with Crippen molar-refractivity contribution >= 4 is 33.2 Å². The molecule has 0 radical (unpaired) electrons. The van der Waals surface area contributed by atoms with Gasteiger partial charge in [-0.05, 0) is 30.7 Å². The zero-order chi connectivity index (χ0) is 24.6. The molecule has 1 heterocycles. The number of hydrogen-bond acceptors (Lipinski definition) is 6. The Hall–Kier alpha value is -3.41. The van der Waals surface area contributed by atoms with Gasteiger partial charge in [0, 0.05) is 11.1 Å². The van der Waals surface area contributed by atoms with Crippen LogP contribution in [0.3, 0.4) is 0 Å². The van der Waals surface area contributed by atoms with Crippen LogP contribution < -0.4 is 4.31 Å². The Morgan fingerprint density at radius 2 is 1.67 bits per heavy atom. The molecule has 1 aliphatic heterocycles. The molecular weight excluding hydrogens is 470 g/mol. The third-order valence-electron chi connectivity index (χ3n) is 4.79. The van der Waals surface area contributed by atoms with Gasteiger partial charge in [-0.15, -0.1) is 0 Å². The van der Waals surface area contributed by atoms with E-state index in [-0.39, 0.29) is 27.6 Å². The maximum absolute atomic E-state index is 13.7. The SMILES string of the molecule is CCOC(=O)C1C(C(=O)OC)=C(c2ccc(F)cc2)c2ccccc2N1S(=O)(=O)C(F)(F)F. The minimum atomic E-state index is -6.18. The van der Waals surface area contributed by atoms with Crippen LogP contribution in [0.2, 0.25) is 0 Å². The van der Waals surface area contributed by atoms with Crippen LogP contribution >= 0.6 is 0 Å². The number of methoxy groups -OCH3 is 1. The number of sulfonamides is 1. The summed E-state index contributed by atoms with van der Waals surface area (Å²) in [6, 6.07) is 7.21. The van der Waals surface area contributed by atoms with Crippen LogP contribution in [0, 0.1) is 5.82 Å². The summed E-state index contributed by atoms with van der Waals surface area (Å²) in [6.45, 7) is 1.05. The molecule has 1 atom stereocenters. The largest absolute Gasteiger partial charge is 0.516 e. The van der Waals surface area contributed by atoms with Crippen molar-refractivity contribution in [1.29, 1.82) is 0 Å². The third-order valence-corrected chi connectivity index (χ3v) is 6.30. The average molecular weight is 487 g/mol. The number of alkyl halides is 3. The molecular formula is C21H17F4NO6S. The van der Waals surface area contributed by atoms with Gasteiger partial charge < -0.3 is 9.47 Å². The topological polar surface area (TPSA) is 90.0 Å². The number of benzene rings is 2. The first-order valence-electron chi connectivity index (χ1n) is 9.40. The van der Waals surface area contributed by atoms with Gasteiger partial charge in [0.2, 0.25) is 0 Å². The fraction of sp³-hybridized carbons (Fsp3) is 0.238. The molecule has 0 aromatic heterocycles. The number of nitrogens with zero attached hydrogens (tertiary/aromatic N) is 1. The highest BCUT2D eigenvalue weighted by Crippen LogP contribution is 2.46. The Kier molecular flexibility index (Phi) is 6.50. The maximum Gasteiger partial charge on any atom is 0.516 e. The van der Waals surface area contributed by atoms with Gasteiger partial charge in [0.05, 0.1) is 25.0 Å². The lowest BCUT2D eigenvalue weighted by molar-refractivity contribution is -0.146. The standard InChI is InChI=1S/C21H17F4NO6S/c1-3-32-20(28)18-17(19(27)31-2)16(12-8-10-13(22)11-9-12)14-6-4-5-7-15(14)26(18)33(29,30)21(23,24)25/h4-11,18H,3H2,1-2H3. The van der Waals surface area contributed by atoms with Crippen molar-refractivity contribution in [2.45, 2.75) is 18.5 Å². The smallest absolute Gasteiger partial charge is 0.466 e. The van der Waals surface area contributed by atoms with Gasteiger partial charge in [-0.3, -0.25) is 0 Å². The predicted octanol–water partition coefficient (Wildman–Crippen LogP) is 3.40. The monoisotopic (exact) mass is 487 g/mol. The third kappa shape index (κ3) is 4.17. The zero-order valence-electron chi connectivity index (χ0n) is 17.2. The van der Waals surface area contributed by atoms with Crippen molar-refractivity contribution in [1.82, 2.24) is 0 Å². The summed E-state index contributed by atoms with van der Waals surface area (Å²) < 4.78 is 89.1. The highest BCUT2D eigenvalue weighted by atomic mass is 32.2. The molecule has 12 heteroatoms. The minimum absolute atomic E-state index is 0.0934. The lowest BCUT2D eigenvalue weighted by Gasteiger charge is -2.38. The highest BCUT2D eigenvalue weighted by molar-refractivity contribution is 7.93. The summed E-state index contributed by atoms with van der Waals surface area (Å²) in [6.07, 6.45) is 0. The number of para-hydroxylation sites is 1. The quantitative estimate of drug-likeness (QED) is 0.475. The molecule has 0 amide bonds.